The fourth-order valence-electron chi connectivity index (χ4n) is 9.02. The number of hydrogen-bond acceptors (Lipinski definition) is 6. The van der Waals surface area contributed by atoms with Gasteiger partial charge in [0.05, 0.1) is 0 Å². The Hall–Kier alpha value is -1.59. The first kappa shape index (κ1) is 63.4. The van der Waals surface area contributed by atoms with Gasteiger partial charge in [-0.2, -0.15) is 0 Å². The highest BCUT2D eigenvalue weighted by Crippen LogP contribution is 2.19. The number of ether oxygens (including phenoxy) is 3. The quantitative estimate of drug-likeness (QED) is 0.0344. The van der Waals surface area contributed by atoms with E-state index >= 15 is 0 Å². The third-order valence-electron chi connectivity index (χ3n) is 13.8. The summed E-state index contributed by atoms with van der Waals surface area (Å²) in [6, 6.07) is 0. The number of carbonyl (C=O) groups excluding carboxylic acids is 3. The van der Waals surface area contributed by atoms with Crippen molar-refractivity contribution in [2.45, 2.75) is 336 Å². The summed E-state index contributed by atoms with van der Waals surface area (Å²) >= 11 is 0. The summed E-state index contributed by atoms with van der Waals surface area (Å²) in [5.41, 5.74) is 0. The first-order valence-corrected chi connectivity index (χ1v) is 29.3. The van der Waals surface area contributed by atoms with Crippen LogP contribution in [0.1, 0.15) is 330 Å². The first-order valence-electron chi connectivity index (χ1n) is 29.3. The van der Waals surface area contributed by atoms with Crippen LogP contribution in [0.2, 0.25) is 0 Å². The number of rotatable bonds is 53. The molecule has 65 heavy (non-hydrogen) atoms. The van der Waals surface area contributed by atoms with E-state index in [1.54, 1.807) is 0 Å². The molecule has 2 atom stereocenters. The topological polar surface area (TPSA) is 78.9 Å². The molecule has 0 N–H and O–H groups in total. The van der Waals surface area contributed by atoms with Crippen molar-refractivity contribution < 1.29 is 28.6 Å². The maximum absolute atomic E-state index is 12.9. The smallest absolute Gasteiger partial charge is 0.306 e. The van der Waals surface area contributed by atoms with E-state index < -0.39 is 6.10 Å². The van der Waals surface area contributed by atoms with Crippen LogP contribution >= 0.6 is 0 Å². The minimum absolute atomic E-state index is 0.0627. The molecule has 6 heteroatoms. The van der Waals surface area contributed by atoms with Gasteiger partial charge in [-0.1, -0.05) is 291 Å². The molecule has 386 valence electrons. The van der Waals surface area contributed by atoms with Crippen LogP contribution in [0.3, 0.4) is 0 Å². The van der Waals surface area contributed by atoms with Gasteiger partial charge in [0.2, 0.25) is 0 Å². The highest BCUT2D eigenvalue weighted by Gasteiger charge is 2.19. The minimum Gasteiger partial charge on any atom is -0.462 e. The minimum atomic E-state index is -0.763. The predicted molar refractivity (Wildman–Crippen MR) is 280 cm³/mol. The lowest BCUT2D eigenvalue weighted by molar-refractivity contribution is -0.167. The van der Waals surface area contributed by atoms with Gasteiger partial charge >= 0.3 is 17.9 Å². The van der Waals surface area contributed by atoms with E-state index in [9.17, 15) is 14.4 Å². The molecule has 0 aromatic carbocycles. The zero-order valence-electron chi connectivity index (χ0n) is 44.6. The number of esters is 3. The molecular weight excluding hydrogens is 805 g/mol. The van der Waals surface area contributed by atoms with Gasteiger partial charge in [0.15, 0.2) is 6.10 Å². The molecular formula is C59H114O6. The van der Waals surface area contributed by atoms with Crippen LogP contribution in [-0.2, 0) is 28.6 Å². The van der Waals surface area contributed by atoms with Crippen LogP contribution in [-0.4, -0.2) is 37.2 Å². The fourth-order valence-corrected chi connectivity index (χ4v) is 9.02. The molecule has 0 aliphatic heterocycles. The Morgan fingerprint density at radius 2 is 0.585 bits per heavy atom. The van der Waals surface area contributed by atoms with E-state index in [0.29, 0.717) is 19.3 Å². The zero-order valence-corrected chi connectivity index (χ0v) is 44.6. The summed E-state index contributed by atoms with van der Waals surface area (Å²) in [6.07, 6.45) is 55.1. The molecule has 0 bridgehead atoms. The Labute approximate surface area is 406 Å². The number of carbonyl (C=O) groups is 3. The van der Waals surface area contributed by atoms with E-state index in [1.807, 2.05) is 0 Å². The fraction of sp³-hybridized carbons (Fsp3) is 0.949. The van der Waals surface area contributed by atoms with E-state index in [1.165, 1.54) is 218 Å². The van der Waals surface area contributed by atoms with Crippen molar-refractivity contribution in [1.29, 1.82) is 0 Å². The monoisotopic (exact) mass is 919 g/mol. The Morgan fingerprint density at radius 3 is 0.877 bits per heavy atom. The lowest BCUT2D eigenvalue weighted by atomic mass is 9.99. The van der Waals surface area contributed by atoms with Gasteiger partial charge in [-0.15, -0.1) is 0 Å². The van der Waals surface area contributed by atoms with Crippen LogP contribution in [0.15, 0.2) is 0 Å². The third kappa shape index (κ3) is 51.6. The first-order chi connectivity index (χ1) is 31.8. The Balaban J connectivity index is 4.30. The van der Waals surface area contributed by atoms with Crippen LogP contribution in [0.4, 0.5) is 0 Å². The highest BCUT2D eigenvalue weighted by molar-refractivity contribution is 5.71. The van der Waals surface area contributed by atoms with Crippen molar-refractivity contribution >= 4 is 17.9 Å². The predicted octanol–water partition coefficient (Wildman–Crippen LogP) is 19.3. The lowest BCUT2D eigenvalue weighted by Gasteiger charge is -2.18. The van der Waals surface area contributed by atoms with Crippen LogP contribution in [0, 0.1) is 11.8 Å². The summed E-state index contributed by atoms with van der Waals surface area (Å²) in [7, 11) is 0. The van der Waals surface area contributed by atoms with Crippen molar-refractivity contribution in [2.75, 3.05) is 13.2 Å². The summed E-state index contributed by atoms with van der Waals surface area (Å²) in [4.78, 5) is 38.2. The van der Waals surface area contributed by atoms with Gasteiger partial charge < -0.3 is 14.2 Å². The van der Waals surface area contributed by atoms with Gasteiger partial charge in [-0.25, -0.2) is 0 Å². The molecule has 0 fully saturated rings. The molecule has 0 heterocycles. The molecule has 0 amide bonds. The second kappa shape index (κ2) is 51.8. The van der Waals surface area contributed by atoms with Crippen molar-refractivity contribution in [2.24, 2.45) is 11.8 Å². The average Bonchev–Trinajstić information content (AvgIpc) is 3.29. The molecule has 0 aromatic heterocycles. The van der Waals surface area contributed by atoms with Crippen LogP contribution in [0.25, 0.3) is 0 Å². The Bertz CT molecular complexity index is 995. The van der Waals surface area contributed by atoms with E-state index in [0.717, 1.165) is 69.6 Å². The van der Waals surface area contributed by atoms with Gasteiger partial charge in [0.25, 0.3) is 0 Å². The summed E-state index contributed by atoms with van der Waals surface area (Å²) in [5.74, 6) is 0.876. The molecule has 0 aliphatic rings. The molecule has 6 nitrogen and oxygen atoms in total. The highest BCUT2D eigenvalue weighted by atomic mass is 16.6. The molecule has 0 spiro atoms. The van der Waals surface area contributed by atoms with E-state index in [-0.39, 0.29) is 31.1 Å². The molecule has 0 aliphatic carbocycles. The normalized spacial score (nSPS) is 12.5. The Kier molecular flexibility index (Phi) is 50.5. The third-order valence-corrected chi connectivity index (χ3v) is 13.8. The van der Waals surface area contributed by atoms with E-state index in [2.05, 4.69) is 34.6 Å². The Morgan fingerprint density at radius 1 is 0.323 bits per heavy atom. The SMILES string of the molecule is CCCCCCCCCCCCCCCCCCC(=O)O[C@@H](COC(=O)CCCCCCCCCCCCCCCCC(C)C)COC(=O)CCCCCCCCCCCCC(C)CC. The summed E-state index contributed by atoms with van der Waals surface area (Å²) in [6.45, 7) is 11.4. The van der Waals surface area contributed by atoms with Gasteiger partial charge in [-0.3, -0.25) is 14.4 Å². The second-order valence-corrected chi connectivity index (χ2v) is 21.0. The molecule has 0 saturated carbocycles. The largest absolute Gasteiger partial charge is 0.462 e. The van der Waals surface area contributed by atoms with Crippen molar-refractivity contribution in [3.63, 3.8) is 0 Å². The van der Waals surface area contributed by atoms with E-state index in [4.69, 9.17) is 14.2 Å². The maximum Gasteiger partial charge on any atom is 0.306 e. The van der Waals surface area contributed by atoms with Crippen molar-refractivity contribution in [3.05, 3.63) is 0 Å². The second-order valence-electron chi connectivity index (χ2n) is 21.0. The molecule has 0 saturated heterocycles. The molecule has 0 radical (unpaired) electrons. The molecule has 1 unspecified atom stereocenters. The van der Waals surface area contributed by atoms with Gasteiger partial charge in [0.1, 0.15) is 13.2 Å². The average molecular weight is 920 g/mol. The summed E-state index contributed by atoms with van der Waals surface area (Å²) in [5, 5.41) is 0. The van der Waals surface area contributed by atoms with Crippen molar-refractivity contribution in [1.82, 2.24) is 0 Å². The standard InChI is InChI=1S/C59H114O6/c1-6-8-9-10-11-12-13-14-15-16-21-24-31-36-41-46-51-59(62)65-56(53-64-58(61)50-45-40-35-30-26-25-28-33-38-43-48-55(5)7-2)52-63-57(60)49-44-39-34-29-23-20-18-17-19-22-27-32-37-42-47-54(3)4/h54-56H,6-53H2,1-5H3/t55?,56-/m0/s1. The van der Waals surface area contributed by atoms with Gasteiger partial charge in [-0.05, 0) is 31.1 Å². The van der Waals surface area contributed by atoms with Crippen molar-refractivity contribution in [3.8, 4) is 0 Å². The van der Waals surface area contributed by atoms with Gasteiger partial charge in [0, 0.05) is 19.3 Å². The maximum atomic E-state index is 12.9. The van der Waals surface area contributed by atoms with Crippen LogP contribution < -0.4 is 0 Å². The zero-order chi connectivity index (χ0) is 47.5. The molecule has 0 aromatic rings. The van der Waals surface area contributed by atoms with Crippen LogP contribution in [0.5, 0.6) is 0 Å². The summed E-state index contributed by atoms with van der Waals surface area (Å²) < 4.78 is 16.9. The number of unbranched alkanes of at least 4 members (excludes halogenated alkanes) is 37. The lowest BCUT2D eigenvalue weighted by Crippen LogP contribution is -2.30. The molecule has 0 rings (SSSR count). The number of hydrogen-bond donors (Lipinski definition) is 0.